The third kappa shape index (κ3) is 6.70. The molecule has 0 bridgehead atoms. The molecule has 2 N–H and O–H groups in total. The summed E-state index contributed by atoms with van der Waals surface area (Å²) in [7, 11) is 0. The van der Waals surface area contributed by atoms with Crippen LogP contribution in [0.2, 0.25) is 0 Å². The lowest BCUT2D eigenvalue weighted by molar-refractivity contribution is 0.132. The minimum Gasteiger partial charge on any atom is -0.380 e. The van der Waals surface area contributed by atoms with Gasteiger partial charge in [0.2, 0.25) is 0 Å². The number of nitrogens with one attached hydrogen (secondary N) is 2. The van der Waals surface area contributed by atoms with E-state index >= 15 is 0 Å². The van der Waals surface area contributed by atoms with Crippen LogP contribution in [-0.2, 0) is 11.2 Å². The van der Waals surface area contributed by atoms with E-state index in [0.717, 1.165) is 50.0 Å². The van der Waals surface area contributed by atoms with E-state index < -0.39 is 0 Å². The molecule has 0 saturated carbocycles. The molecule has 0 aliphatic rings. The van der Waals surface area contributed by atoms with Gasteiger partial charge < -0.3 is 15.4 Å². The van der Waals surface area contributed by atoms with Crippen molar-refractivity contribution < 1.29 is 4.74 Å². The van der Waals surface area contributed by atoms with Crippen molar-refractivity contribution in [2.75, 3.05) is 36.9 Å². The predicted molar refractivity (Wildman–Crippen MR) is 84.3 cm³/mol. The summed E-state index contributed by atoms with van der Waals surface area (Å²) in [4.78, 5) is 8.89. The van der Waals surface area contributed by atoms with Crippen LogP contribution in [0.25, 0.3) is 0 Å². The zero-order chi connectivity index (χ0) is 14.8. The van der Waals surface area contributed by atoms with Gasteiger partial charge in [0.15, 0.2) is 0 Å². The van der Waals surface area contributed by atoms with Gasteiger partial charge in [-0.15, -0.1) is 0 Å². The Bertz CT molecular complexity index is 382. The maximum atomic E-state index is 5.58. The largest absolute Gasteiger partial charge is 0.380 e. The number of aromatic nitrogens is 2. The average Bonchev–Trinajstić information content (AvgIpc) is 2.42. The van der Waals surface area contributed by atoms with E-state index in [9.17, 15) is 0 Å². The van der Waals surface area contributed by atoms with Crippen molar-refractivity contribution in [3.05, 3.63) is 11.9 Å². The van der Waals surface area contributed by atoms with Gasteiger partial charge in [0.05, 0.1) is 6.61 Å². The molecule has 0 saturated heterocycles. The molecule has 5 nitrogen and oxygen atoms in total. The summed E-state index contributed by atoms with van der Waals surface area (Å²) in [5.41, 5.74) is 0. The van der Waals surface area contributed by atoms with Crippen molar-refractivity contribution in [1.82, 2.24) is 9.97 Å². The second kappa shape index (κ2) is 9.53. The molecule has 0 fully saturated rings. The van der Waals surface area contributed by atoms with Crippen molar-refractivity contribution in [3.8, 4) is 0 Å². The number of anilines is 2. The number of hydrogen-bond acceptors (Lipinski definition) is 5. The number of hydrogen-bond donors (Lipinski definition) is 2. The summed E-state index contributed by atoms with van der Waals surface area (Å²) in [6.07, 6.45) is 1.94. The van der Waals surface area contributed by atoms with Crippen LogP contribution < -0.4 is 10.6 Å². The Morgan fingerprint density at radius 1 is 1.10 bits per heavy atom. The fraction of sp³-hybridized carbons (Fsp3) is 0.733. The highest BCUT2D eigenvalue weighted by Gasteiger charge is 2.02. The highest BCUT2D eigenvalue weighted by molar-refractivity contribution is 5.47. The van der Waals surface area contributed by atoms with Crippen LogP contribution in [0.3, 0.4) is 0 Å². The van der Waals surface area contributed by atoms with E-state index in [-0.39, 0.29) is 0 Å². The van der Waals surface area contributed by atoms with Crippen molar-refractivity contribution in [1.29, 1.82) is 0 Å². The Kier molecular flexibility index (Phi) is 7.95. The summed E-state index contributed by atoms with van der Waals surface area (Å²) < 4.78 is 5.58. The van der Waals surface area contributed by atoms with Crippen LogP contribution in [0, 0.1) is 5.92 Å². The van der Waals surface area contributed by atoms with Gasteiger partial charge in [-0.25, -0.2) is 9.97 Å². The molecule has 0 amide bonds. The second-order valence-corrected chi connectivity index (χ2v) is 5.16. The van der Waals surface area contributed by atoms with Crippen molar-refractivity contribution in [3.63, 3.8) is 0 Å². The topological polar surface area (TPSA) is 59.1 Å². The fourth-order valence-corrected chi connectivity index (χ4v) is 1.69. The Labute approximate surface area is 122 Å². The van der Waals surface area contributed by atoms with Crippen LogP contribution in [0.4, 0.5) is 11.6 Å². The summed E-state index contributed by atoms with van der Waals surface area (Å²) in [6, 6.07) is 1.94. The summed E-state index contributed by atoms with van der Waals surface area (Å²) in [6.45, 7) is 11.7. The van der Waals surface area contributed by atoms with Gasteiger partial charge in [0.25, 0.3) is 0 Å². The van der Waals surface area contributed by atoms with Crippen LogP contribution in [-0.4, -0.2) is 36.3 Å². The Balaban J connectivity index is 2.36. The van der Waals surface area contributed by atoms with E-state index in [0.29, 0.717) is 12.5 Å². The average molecular weight is 280 g/mol. The first kappa shape index (κ1) is 16.7. The Hall–Kier alpha value is -1.36. The van der Waals surface area contributed by atoms with Crippen LogP contribution in [0.15, 0.2) is 6.07 Å². The van der Waals surface area contributed by atoms with E-state index in [1.807, 2.05) is 6.07 Å². The third-order valence-corrected chi connectivity index (χ3v) is 2.84. The number of ether oxygens (including phenoxy) is 1. The SMILES string of the molecule is CCNc1cc(NCCOCCC(C)C)nc(CC)n1. The summed E-state index contributed by atoms with van der Waals surface area (Å²) >= 11 is 0. The van der Waals surface area contributed by atoms with Crippen molar-refractivity contribution in [2.24, 2.45) is 5.92 Å². The fourth-order valence-electron chi connectivity index (χ4n) is 1.69. The van der Waals surface area contributed by atoms with E-state index in [1.165, 1.54) is 0 Å². The van der Waals surface area contributed by atoms with Crippen LogP contribution >= 0.6 is 0 Å². The van der Waals surface area contributed by atoms with Gasteiger partial charge in [-0.05, 0) is 19.3 Å². The molecule has 0 aliphatic carbocycles. The molecule has 20 heavy (non-hydrogen) atoms. The first-order valence-electron chi connectivity index (χ1n) is 7.59. The van der Waals surface area contributed by atoms with Crippen molar-refractivity contribution >= 4 is 11.6 Å². The highest BCUT2D eigenvalue weighted by atomic mass is 16.5. The van der Waals surface area contributed by atoms with Gasteiger partial charge in [0, 0.05) is 32.2 Å². The highest BCUT2D eigenvalue weighted by Crippen LogP contribution is 2.11. The minimum absolute atomic E-state index is 0.694. The molecule has 0 spiro atoms. The lowest BCUT2D eigenvalue weighted by Gasteiger charge is -2.10. The minimum atomic E-state index is 0.694. The molecular weight excluding hydrogens is 252 g/mol. The number of nitrogens with zero attached hydrogens (tertiary/aromatic N) is 2. The Morgan fingerprint density at radius 3 is 2.40 bits per heavy atom. The normalized spacial score (nSPS) is 10.8. The summed E-state index contributed by atoms with van der Waals surface area (Å²) in [5.74, 6) is 3.29. The van der Waals surface area contributed by atoms with Crippen LogP contribution in [0.5, 0.6) is 0 Å². The van der Waals surface area contributed by atoms with Crippen LogP contribution in [0.1, 0.15) is 39.9 Å². The number of aryl methyl sites for hydroxylation is 1. The van der Waals surface area contributed by atoms with Crippen molar-refractivity contribution in [2.45, 2.75) is 40.5 Å². The predicted octanol–water partition coefficient (Wildman–Crippen LogP) is 2.95. The van der Waals surface area contributed by atoms with E-state index in [4.69, 9.17) is 4.74 Å². The molecular formula is C15H28N4O. The lowest BCUT2D eigenvalue weighted by Crippen LogP contribution is -2.13. The molecule has 1 heterocycles. The first-order valence-corrected chi connectivity index (χ1v) is 7.59. The third-order valence-electron chi connectivity index (χ3n) is 2.84. The van der Waals surface area contributed by atoms with Gasteiger partial charge >= 0.3 is 0 Å². The molecule has 0 radical (unpaired) electrons. The molecule has 1 aromatic heterocycles. The molecule has 114 valence electrons. The second-order valence-electron chi connectivity index (χ2n) is 5.16. The molecule has 0 aliphatic heterocycles. The molecule has 5 heteroatoms. The number of rotatable bonds is 10. The zero-order valence-electron chi connectivity index (χ0n) is 13.2. The molecule has 0 unspecified atom stereocenters. The first-order chi connectivity index (χ1) is 9.65. The van der Waals surface area contributed by atoms with Gasteiger partial charge in [-0.2, -0.15) is 0 Å². The molecule has 0 atom stereocenters. The molecule has 1 aromatic rings. The van der Waals surface area contributed by atoms with E-state index in [1.54, 1.807) is 0 Å². The maximum Gasteiger partial charge on any atom is 0.132 e. The maximum absolute atomic E-state index is 5.58. The van der Waals surface area contributed by atoms with Gasteiger partial charge in [0.1, 0.15) is 17.5 Å². The molecule has 0 aromatic carbocycles. The van der Waals surface area contributed by atoms with Gasteiger partial charge in [-0.1, -0.05) is 20.8 Å². The quantitative estimate of drug-likeness (QED) is 0.645. The monoisotopic (exact) mass is 280 g/mol. The van der Waals surface area contributed by atoms with E-state index in [2.05, 4.69) is 48.3 Å². The standard InChI is InChI=1S/C15H28N4O/c1-5-13-18-14(16-6-2)11-15(19-13)17-8-10-20-9-7-12(3)4/h11-12H,5-10H2,1-4H3,(H2,16,17,18,19). The zero-order valence-corrected chi connectivity index (χ0v) is 13.2. The Morgan fingerprint density at radius 2 is 1.80 bits per heavy atom. The van der Waals surface area contributed by atoms with Gasteiger partial charge in [-0.3, -0.25) is 0 Å². The smallest absolute Gasteiger partial charge is 0.132 e. The molecule has 1 rings (SSSR count). The lowest BCUT2D eigenvalue weighted by atomic mass is 10.1. The summed E-state index contributed by atoms with van der Waals surface area (Å²) in [5, 5.41) is 6.51.